The van der Waals surface area contributed by atoms with Crippen LogP contribution in [0.5, 0.6) is 0 Å². The second-order valence-corrected chi connectivity index (χ2v) is 3.28. The Morgan fingerprint density at radius 3 is 3.08 bits per heavy atom. The van der Waals surface area contributed by atoms with Crippen LogP contribution in [-0.4, -0.2) is 22.9 Å². The quantitative estimate of drug-likeness (QED) is 0.288. The molecule has 1 aromatic heterocycles. The van der Waals surface area contributed by atoms with Crippen molar-refractivity contribution in [1.29, 1.82) is 0 Å². The maximum Gasteiger partial charge on any atom is 0.213 e. The van der Waals surface area contributed by atoms with E-state index >= 15 is 0 Å². The van der Waals surface area contributed by atoms with E-state index in [4.69, 9.17) is 11.6 Å². The Morgan fingerprint density at radius 1 is 1.83 bits per heavy atom. The third-order valence-electron chi connectivity index (χ3n) is 1.40. The van der Waals surface area contributed by atoms with Crippen LogP contribution in [0.2, 0.25) is 0 Å². The largest absolute Gasteiger partial charge is 0.368 e. The minimum absolute atomic E-state index is 0.323. The van der Waals surface area contributed by atoms with Crippen LogP contribution in [0.25, 0.3) is 0 Å². The summed E-state index contributed by atoms with van der Waals surface area (Å²) in [7, 11) is 1.82. The summed E-state index contributed by atoms with van der Waals surface area (Å²) >= 11 is 1.57. The van der Waals surface area contributed by atoms with Gasteiger partial charge < -0.3 is 16.5 Å². The first-order valence-electron chi connectivity index (χ1n) is 3.36. The Balaban J connectivity index is 2.53. The fourth-order valence-corrected chi connectivity index (χ4v) is 1.38. The predicted molar refractivity (Wildman–Crippen MR) is 49.4 cm³/mol. The summed E-state index contributed by atoms with van der Waals surface area (Å²) in [5, 5.41) is 3.37. The summed E-state index contributed by atoms with van der Waals surface area (Å²) in [6.45, 7) is 0.692. The molecule has 0 aromatic carbocycles. The molecule has 0 aliphatic carbocycles. The molecule has 1 rings (SSSR count). The van der Waals surface area contributed by atoms with Gasteiger partial charge in [-0.15, -0.1) is 16.4 Å². The molecule has 12 heavy (non-hydrogen) atoms. The molecular weight excluding hydrogens is 174 g/mol. The number of guanidine groups is 1. The van der Waals surface area contributed by atoms with Crippen LogP contribution in [0, 0.1) is 0 Å². The van der Waals surface area contributed by atoms with E-state index in [0.29, 0.717) is 12.5 Å². The minimum Gasteiger partial charge on any atom is -0.368 e. The fourth-order valence-electron chi connectivity index (χ4n) is 0.734. The number of rotatable bonds is 2. The van der Waals surface area contributed by atoms with Crippen LogP contribution < -0.4 is 11.6 Å². The third kappa shape index (κ3) is 2.09. The molecule has 1 aromatic rings. The molecular formula is C6H11N5S. The van der Waals surface area contributed by atoms with E-state index in [0.717, 1.165) is 4.88 Å². The maximum absolute atomic E-state index is 5.47. The lowest BCUT2D eigenvalue weighted by Crippen LogP contribution is -2.34. The molecule has 0 saturated carbocycles. The number of hydrazone groups is 1. The normalized spacial score (nSPS) is 11.6. The van der Waals surface area contributed by atoms with Gasteiger partial charge in [0.25, 0.3) is 0 Å². The van der Waals surface area contributed by atoms with Crippen molar-refractivity contribution >= 4 is 17.3 Å². The summed E-state index contributed by atoms with van der Waals surface area (Å²) in [6, 6.07) is 0. The van der Waals surface area contributed by atoms with Crippen LogP contribution >= 0.6 is 11.3 Å². The standard InChI is InChI=1S/C6H11N5S/c1-11(6(7)10-8)3-5-2-9-4-12-5/h2,4H,3,8H2,1H3,(H2,7,10). The molecule has 1 heterocycles. The van der Waals surface area contributed by atoms with Crippen molar-refractivity contribution in [3.8, 4) is 0 Å². The molecule has 0 spiro atoms. The van der Waals surface area contributed by atoms with Crippen molar-refractivity contribution in [2.75, 3.05) is 7.05 Å². The zero-order valence-corrected chi connectivity index (χ0v) is 7.58. The molecule has 4 N–H and O–H groups in total. The Hall–Kier alpha value is -1.30. The maximum atomic E-state index is 5.47. The summed E-state index contributed by atoms with van der Waals surface area (Å²) in [5.74, 6) is 5.33. The number of hydrogen-bond donors (Lipinski definition) is 2. The third-order valence-corrected chi connectivity index (χ3v) is 2.16. The van der Waals surface area contributed by atoms with Gasteiger partial charge in [-0.25, -0.2) is 0 Å². The average molecular weight is 185 g/mol. The van der Waals surface area contributed by atoms with Gasteiger partial charge in [0, 0.05) is 18.1 Å². The highest BCUT2D eigenvalue weighted by Gasteiger charge is 2.02. The lowest BCUT2D eigenvalue weighted by Gasteiger charge is -2.15. The van der Waals surface area contributed by atoms with Gasteiger partial charge in [-0.2, -0.15) is 0 Å². The van der Waals surface area contributed by atoms with E-state index in [1.54, 1.807) is 27.9 Å². The van der Waals surface area contributed by atoms with Gasteiger partial charge in [0.05, 0.1) is 12.1 Å². The summed E-state index contributed by atoms with van der Waals surface area (Å²) < 4.78 is 0. The van der Waals surface area contributed by atoms with Crippen LogP contribution in [0.4, 0.5) is 0 Å². The molecule has 0 amide bonds. The highest BCUT2D eigenvalue weighted by molar-refractivity contribution is 7.09. The molecule has 66 valence electrons. The first kappa shape index (κ1) is 8.79. The Kier molecular flexibility index (Phi) is 2.87. The van der Waals surface area contributed by atoms with Crippen LogP contribution in [0.15, 0.2) is 16.8 Å². The molecule has 0 fully saturated rings. The smallest absolute Gasteiger partial charge is 0.213 e. The van der Waals surface area contributed by atoms with Crippen LogP contribution in [0.1, 0.15) is 4.88 Å². The van der Waals surface area contributed by atoms with E-state index in [9.17, 15) is 0 Å². The first-order chi connectivity index (χ1) is 5.74. The van der Waals surface area contributed by atoms with Gasteiger partial charge in [-0.3, -0.25) is 4.98 Å². The Bertz CT molecular complexity index is 255. The monoisotopic (exact) mass is 185 g/mol. The number of nitrogens with zero attached hydrogens (tertiary/aromatic N) is 3. The van der Waals surface area contributed by atoms with Crippen LogP contribution in [0.3, 0.4) is 0 Å². The van der Waals surface area contributed by atoms with Gasteiger partial charge >= 0.3 is 0 Å². The second-order valence-electron chi connectivity index (χ2n) is 2.31. The SMILES string of the molecule is CN(Cc1cncs1)/C(N)=N/N. The van der Waals surface area contributed by atoms with E-state index in [2.05, 4.69) is 10.1 Å². The van der Waals surface area contributed by atoms with Crippen molar-refractivity contribution in [2.24, 2.45) is 16.7 Å². The highest BCUT2D eigenvalue weighted by Crippen LogP contribution is 2.07. The fraction of sp³-hybridized carbons (Fsp3) is 0.333. The van der Waals surface area contributed by atoms with Crippen molar-refractivity contribution < 1.29 is 0 Å². The number of aromatic nitrogens is 1. The van der Waals surface area contributed by atoms with Gasteiger partial charge in [0.1, 0.15) is 0 Å². The Labute approximate surface area is 74.7 Å². The number of thiazole rings is 1. The molecule has 5 nitrogen and oxygen atoms in total. The minimum atomic E-state index is 0.323. The molecule has 0 aliphatic rings. The van der Waals surface area contributed by atoms with E-state index in [1.165, 1.54) is 0 Å². The van der Waals surface area contributed by atoms with E-state index < -0.39 is 0 Å². The van der Waals surface area contributed by atoms with Crippen molar-refractivity contribution in [2.45, 2.75) is 6.54 Å². The predicted octanol–water partition coefficient (Wildman–Crippen LogP) is -0.237. The van der Waals surface area contributed by atoms with Gasteiger partial charge in [-0.1, -0.05) is 0 Å². The summed E-state index contributed by atoms with van der Waals surface area (Å²) in [6.07, 6.45) is 1.80. The van der Waals surface area contributed by atoms with Gasteiger partial charge in [0.2, 0.25) is 5.96 Å². The van der Waals surface area contributed by atoms with Crippen molar-refractivity contribution in [3.05, 3.63) is 16.6 Å². The molecule has 0 atom stereocenters. The number of nitrogens with two attached hydrogens (primary N) is 2. The van der Waals surface area contributed by atoms with Crippen molar-refractivity contribution in [1.82, 2.24) is 9.88 Å². The lowest BCUT2D eigenvalue weighted by atomic mass is 10.5. The number of hydrogen-bond acceptors (Lipinski definition) is 4. The van der Waals surface area contributed by atoms with Crippen LogP contribution in [-0.2, 0) is 6.54 Å². The second kappa shape index (κ2) is 3.91. The van der Waals surface area contributed by atoms with Gasteiger partial charge in [0.15, 0.2) is 0 Å². The zero-order chi connectivity index (χ0) is 8.97. The zero-order valence-electron chi connectivity index (χ0n) is 6.77. The lowest BCUT2D eigenvalue weighted by molar-refractivity contribution is 0.497. The molecule has 0 unspecified atom stereocenters. The van der Waals surface area contributed by atoms with Crippen molar-refractivity contribution in [3.63, 3.8) is 0 Å². The summed E-state index contributed by atoms with van der Waals surface area (Å²) in [4.78, 5) is 6.83. The van der Waals surface area contributed by atoms with E-state index in [-0.39, 0.29) is 0 Å². The first-order valence-corrected chi connectivity index (χ1v) is 4.24. The van der Waals surface area contributed by atoms with Gasteiger partial charge in [-0.05, 0) is 0 Å². The molecule has 6 heteroatoms. The topological polar surface area (TPSA) is 80.5 Å². The van der Waals surface area contributed by atoms with E-state index in [1.807, 2.05) is 7.05 Å². The average Bonchev–Trinajstić information content (AvgIpc) is 2.55. The molecule has 0 saturated heterocycles. The molecule has 0 aliphatic heterocycles. The molecule has 0 bridgehead atoms. The Morgan fingerprint density at radius 2 is 2.58 bits per heavy atom. The summed E-state index contributed by atoms with van der Waals surface area (Å²) in [5.41, 5.74) is 7.24. The molecule has 0 radical (unpaired) electrons. The highest BCUT2D eigenvalue weighted by atomic mass is 32.1.